The van der Waals surface area contributed by atoms with Crippen molar-refractivity contribution in [2.45, 2.75) is 38.2 Å². The molecule has 178 valence electrons. The lowest BCUT2D eigenvalue weighted by atomic mass is 9.96. The SMILES string of the molecule is CC#CC(CC(=O)O)c1ccc(OCC(COc2ccc(C#N)c(Cl)c2)C(OC)C2CC2)cc1. The van der Waals surface area contributed by atoms with Gasteiger partial charge in [0.1, 0.15) is 17.6 Å². The summed E-state index contributed by atoms with van der Waals surface area (Å²) in [5, 5.41) is 18.5. The maximum Gasteiger partial charge on any atom is 0.304 e. The standard InChI is InChI=1S/C27H28ClNO5/c1-3-4-20(13-26(30)31)18-7-10-23(11-8-18)33-16-22(27(32-2)19-5-6-19)17-34-24-12-9-21(15-29)25(28)14-24/h7-12,14,19-20,22,27H,5-6,13,16-17H2,1-2H3,(H,30,31). The van der Waals surface area contributed by atoms with E-state index in [4.69, 9.17) is 36.2 Å². The van der Waals surface area contributed by atoms with E-state index in [0.717, 1.165) is 18.4 Å². The number of carboxylic acids is 1. The minimum atomic E-state index is -0.884. The minimum absolute atomic E-state index is 0.00732. The fourth-order valence-corrected chi connectivity index (χ4v) is 4.13. The summed E-state index contributed by atoms with van der Waals surface area (Å²) in [6.45, 7) is 2.47. The molecule has 34 heavy (non-hydrogen) atoms. The Morgan fingerprint density at radius 3 is 2.32 bits per heavy atom. The number of nitrogens with zero attached hydrogens (tertiary/aromatic N) is 1. The van der Waals surface area contributed by atoms with Gasteiger partial charge in [-0.2, -0.15) is 5.26 Å². The normalized spacial score (nSPS) is 15.2. The number of benzene rings is 2. The number of hydrogen-bond acceptors (Lipinski definition) is 5. The molecule has 1 N–H and O–H groups in total. The molecule has 7 heteroatoms. The first-order valence-electron chi connectivity index (χ1n) is 11.2. The molecule has 0 aliphatic heterocycles. The van der Waals surface area contributed by atoms with Crippen molar-refractivity contribution in [3.8, 4) is 29.4 Å². The largest absolute Gasteiger partial charge is 0.493 e. The van der Waals surface area contributed by atoms with E-state index in [1.807, 2.05) is 30.3 Å². The van der Waals surface area contributed by atoms with Gasteiger partial charge in [0, 0.05) is 13.2 Å². The predicted octanol–water partition coefficient (Wildman–Crippen LogP) is 5.29. The van der Waals surface area contributed by atoms with Crippen LogP contribution in [0.4, 0.5) is 0 Å². The van der Waals surface area contributed by atoms with Crippen molar-refractivity contribution in [2.24, 2.45) is 11.8 Å². The zero-order valence-electron chi connectivity index (χ0n) is 19.3. The summed E-state index contributed by atoms with van der Waals surface area (Å²) in [4.78, 5) is 11.1. The lowest BCUT2D eigenvalue weighted by Crippen LogP contribution is -2.34. The van der Waals surface area contributed by atoms with E-state index in [0.29, 0.717) is 41.2 Å². The first-order valence-corrected chi connectivity index (χ1v) is 11.5. The van der Waals surface area contributed by atoms with Crippen molar-refractivity contribution in [2.75, 3.05) is 20.3 Å². The Bertz CT molecular complexity index is 1080. The second-order valence-corrected chi connectivity index (χ2v) is 8.69. The van der Waals surface area contributed by atoms with Gasteiger partial charge >= 0.3 is 5.97 Å². The minimum Gasteiger partial charge on any atom is -0.493 e. The summed E-state index contributed by atoms with van der Waals surface area (Å²) in [5.74, 6) is 6.25. The Balaban J connectivity index is 1.65. The van der Waals surface area contributed by atoms with Gasteiger partial charge in [0.2, 0.25) is 0 Å². The van der Waals surface area contributed by atoms with Crippen molar-refractivity contribution in [1.82, 2.24) is 0 Å². The van der Waals surface area contributed by atoms with Crippen LogP contribution in [0.25, 0.3) is 0 Å². The monoisotopic (exact) mass is 481 g/mol. The number of carbonyl (C=O) groups is 1. The highest BCUT2D eigenvalue weighted by molar-refractivity contribution is 6.31. The van der Waals surface area contributed by atoms with Crippen LogP contribution < -0.4 is 9.47 Å². The number of carboxylic acid groups (broad SMARTS) is 1. The molecule has 1 saturated carbocycles. The lowest BCUT2D eigenvalue weighted by molar-refractivity contribution is -0.137. The lowest BCUT2D eigenvalue weighted by Gasteiger charge is -2.26. The molecule has 0 radical (unpaired) electrons. The molecule has 0 heterocycles. The first-order chi connectivity index (χ1) is 16.4. The predicted molar refractivity (Wildman–Crippen MR) is 129 cm³/mol. The van der Waals surface area contributed by atoms with Crippen LogP contribution in [-0.4, -0.2) is 37.5 Å². The third-order valence-electron chi connectivity index (χ3n) is 5.79. The molecule has 0 aromatic heterocycles. The number of nitriles is 1. The number of aliphatic carboxylic acids is 1. The molecule has 0 saturated heterocycles. The summed E-state index contributed by atoms with van der Waals surface area (Å²) < 4.78 is 17.8. The second-order valence-electron chi connectivity index (χ2n) is 8.29. The van der Waals surface area contributed by atoms with Crippen LogP contribution in [0.2, 0.25) is 5.02 Å². The summed E-state index contributed by atoms with van der Waals surface area (Å²) in [7, 11) is 1.71. The average Bonchev–Trinajstić information content (AvgIpc) is 3.66. The van der Waals surface area contributed by atoms with Crippen LogP contribution in [0.1, 0.15) is 43.2 Å². The van der Waals surface area contributed by atoms with Crippen molar-refractivity contribution in [1.29, 1.82) is 5.26 Å². The molecule has 6 nitrogen and oxygen atoms in total. The molecule has 1 aliphatic carbocycles. The summed E-state index contributed by atoms with van der Waals surface area (Å²) >= 11 is 6.13. The Morgan fingerprint density at radius 2 is 1.79 bits per heavy atom. The zero-order valence-corrected chi connectivity index (χ0v) is 20.0. The van der Waals surface area contributed by atoms with Gasteiger partial charge in [0.15, 0.2) is 0 Å². The molecule has 0 bridgehead atoms. The molecule has 0 spiro atoms. The smallest absolute Gasteiger partial charge is 0.304 e. The van der Waals surface area contributed by atoms with Crippen molar-refractivity contribution < 1.29 is 24.1 Å². The molecule has 1 aliphatic rings. The maximum atomic E-state index is 11.1. The second kappa shape index (κ2) is 12.3. The molecule has 0 amide bonds. The Kier molecular flexibility index (Phi) is 9.22. The van der Waals surface area contributed by atoms with Gasteiger partial charge in [-0.25, -0.2) is 0 Å². The molecule has 1 fully saturated rings. The molecule has 3 unspecified atom stereocenters. The number of ether oxygens (including phenoxy) is 3. The van der Waals surface area contributed by atoms with Crippen LogP contribution in [0, 0.1) is 35.0 Å². The fraction of sp³-hybridized carbons (Fsp3) is 0.407. The Labute approximate surface area is 205 Å². The van der Waals surface area contributed by atoms with Crippen molar-refractivity contribution >= 4 is 17.6 Å². The van der Waals surface area contributed by atoms with Crippen LogP contribution in [0.15, 0.2) is 42.5 Å². The summed E-state index contributed by atoms with van der Waals surface area (Å²) in [5.41, 5.74) is 1.25. The number of methoxy groups -OCH3 is 1. The van der Waals surface area contributed by atoms with E-state index < -0.39 is 5.97 Å². The summed E-state index contributed by atoms with van der Waals surface area (Å²) in [6, 6.07) is 14.4. The van der Waals surface area contributed by atoms with Gasteiger partial charge in [-0.1, -0.05) is 29.7 Å². The van der Waals surface area contributed by atoms with Crippen LogP contribution in [0.5, 0.6) is 11.5 Å². The highest BCUT2D eigenvalue weighted by atomic mass is 35.5. The molecular formula is C27H28ClNO5. The van der Waals surface area contributed by atoms with E-state index in [-0.39, 0.29) is 24.4 Å². The molecular weight excluding hydrogens is 454 g/mol. The van der Waals surface area contributed by atoms with Gasteiger partial charge in [0.05, 0.1) is 48.2 Å². The van der Waals surface area contributed by atoms with Crippen LogP contribution >= 0.6 is 11.6 Å². The topological polar surface area (TPSA) is 88.8 Å². The van der Waals surface area contributed by atoms with E-state index >= 15 is 0 Å². The van der Waals surface area contributed by atoms with E-state index in [9.17, 15) is 4.79 Å². The fourth-order valence-electron chi connectivity index (χ4n) is 3.91. The molecule has 2 aromatic rings. The highest BCUT2D eigenvalue weighted by Gasteiger charge is 2.37. The molecule has 2 aromatic carbocycles. The van der Waals surface area contributed by atoms with E-state index in [1.165, 1.54) is 0 Å². The van der Waals surface area contributed by atoms with Crippen LogP contribution in [0.3, 0.4) is 0 Å². The highest BCUT2D eigenvalue weighted by Crippen LogP contribution is 2.38. The van der Waals surface area contributed by atoms with Gasteiger partial charge in [-0.3, -0.25) is 4.79 Å². The van der Waals surface area contributed by atoms with E-state index in [1.54, 1.807) is 32.2 Å². The van der Waals surface area contributed by atoms with Crippen LogP contribution in [-0.2, 0) is 9.53 Å². The zero-order chi connectivity index (χ0) is 24.5. The Morgan fingerprint density at radius 1 is 1.15 bits per heavy atom. The van der Waals surface area contributed by atoms with Crippen molar-refractivity contribution in [3.63, 3.8) is 0 Å². The Hall–Kier alpha value is -3.19. The van der Waals surface area contributed by atoms with Gasteiger partial charge < -0.3 is 19.3 Å². The molecule has 3 atom stereocenters. The third kappa shape index (κ3) is 7.15. The maximum absolute atomic E-state index is 11.1. The van der Waals surface area contributed by atoms with Crippen molar-refractivity contribution in [3.05, 3.63) is 58.6 Å². The van der Waals surface area contributed by atoms with Gasteiger partial charge in [0.25, 0.3) is 0 Å². The first kappa shape index (κ1) is 25.4. The van der Waals surface area contributed by atoms with Gasteiger partial charge in [-0.15, -0.1) is 5.92 Å². The van der Waals surface area contributed by atoms with E-state index in [2.05, 4.69) is 11.8 Å². The van der Waals surface area contributed by atoms with Gasteiger partial charge in [-0.05, 0) is 55.5 Å². The average molecular weight is 482 g/mol. The molecule has 3 rings (SSSR count). The number of halogens is 1. The third-order valence-corrected chi connectivity index (χ3v) is 6.11. The number of rotatable bonds is 12. The number of hydrogen-bond donors (Lipinski definition) is 1. The summed E-state index contributed by atoms with van der Waals surface area (Å²) in [6.07, 6.45) is 2.20. The quantitative estimate of drug-likeness (QED) is 0.414.